The lowest BCUT2D eigenvalue weighted by molar-refractivity contribution is 0.196. The Kier molecular flexibility index (Phi) is 7.04. The first kappa shape index (κ1) is 24.7. The van der Waals surface area contributed by atoms with E-state index in [9.17, 15) is 10.2 Å². The van der Waals surface area contributed by atoms with E-state index in [1.54, 1.807) is 14.2 Å². The second-order valence-electron chi connectivity index (χ2n) is 8.72. The number of methoxy groups -OCH3 is 2. The van der Waals surface area contributed by atoms with Crippen LogP contribution in [-0.4, -0.2) is 50.9 Å². The van der Waals surface area contributed by atoms with Crippen molar-refractivity contribution >= 4 is 0 Å². The highest BCUT2D eigenvalue weighted by Gasteiger charge is 2.46. The topological polar surface area (TPSA) is 77.4 Å². The van der Waals surface area contributed by atoms with Crippen LogP contribution in [-0.2, 0) is 5.41 Å². The first-order valence-corrected chi connectivity index (χ1v) is 12.2. The SMILES string of the molecule is COc1cc(C2(c3ccc(OCCO)c(OC)c3)c3ccccc3-c3ccccc32)ccc1OCCO. The molecule has 0 unspecified atom stereocenters. The molecule has 0 aliphatic heterocycles. The van der Waals surface area contributed by atoms with Gasteiger partial charge in [-0.25, -0.2) is 0 Å². The summed E-state index contributed by atoms with van der Waals surface area (Å²) in [6.45, 7) is 0.193. The molecule has 0 saturated heterocycles. The lowest BCUT2D eigenvalue weighted by atomic mass is 9.67. The second kappa shape index (κ2) is 10.5. The van der Waals surface area contributed by atoms with Gasteiger partial charge in [-0.1, -0.05) is 60.7 Å². The van der Waals surface area contributed by atoms with Crippen molar-refractivity contribution in [1.82, 2.24) is 0 Å². The minimum atomic E-state index is -0.668. The van der Waals surface area contributed by atoms with Crippen LogP contribution in [0, 0.1) is 0 Å². The van der Waals surface area contributed by atoms with Gasteiger partial charge in [0.2, 0.25) is 0 Å². The summed E-state index contributed by atoms with van der Waals surface area (Å²) in [6.07, 6.45) is 0. The zero-order chi connectivity index (χ0) is 25.8. The summed E-state index contributed by atoms with van der Waals surface area (Å²) in [5.74, 6) is 2.31. The van der Waals surface area contributed by atoms with E-state index in [4.69, 9.17) is 18.9 Å². The lowest BCUT2D eigenvalue weighted by Crippen LogP contribution is -2.28. The molecular weight excluding hydrogens is 468 g/mol. The Morgan fingerprint density at radius 1 is 0.568 bits per heavy atom. The summed E-state index contributed by atoms with van der Waals surface area (Å²) in [6, 6.07) is 28.8. The van der Waals surface area contributed by atoms with E-state index in [1.807, 2.05) is 24.3 Å². The fourth-order valence-electron chi connectivity index (χ4n) is 5.38. The number of ether oxygens (including phenoxy) is 4. The second-order valence-corrected chi connectivity index (χ2v) is 8.72. The molecule has 0 spiro atoms. The van der Waals surface area contributed by atoms with E-state index in [2.05, 4.69) is 60.7 Å². The van der Waals surface area contributed by atoms with Crippen LogP contribution in [0.1, 0.15) is 22.3 Å². The average molecular weight is 499 g/mol. The number of hydrogen-bond donors (Lipinski definition) is 2. The molecule has 0 atom stereocenters. The zero-order valence-corrected chi connectivity index (χ0v) is 20.9. The van der Waals surface area contributed by atoms with Gasteiger partial charge in [-0.15, -0.1) is 0 Å². The predicted molar refractivity (Wildman–Crippen MR) is 142 cm³/mol. The third-order valence-corrected chi connectivity index (χ3v) is 6.84. The molecule has 0 aromatic heterocycles. The van der Waals surface area contributed by atoms with Gasteiger partial charge in [-0.2, -0.15) is 0 Å². The van der Waals surface area contributed by atoms with Gasteiger partial charge in [0.1, 0.15) is 13.2 Å². The first-order chi connectivity index (χ1) is 18.2. The van der Waals surface area contributed by atoms with Crippen molar-refractivity contribution in [3.8, 4) is 34.1 Å². The number of benzene rings is 4. The fourth-order valence-corrected chi connectivity index (χ4v) is 5.38. The molecule has 2 N–H and O–H groups in total. The molecule has 6 nitrogen and oxygen atoms in total. The molecule has 0 saturated carbocycles. The van der Waals surface area contributed by atoms with Crippen molar-refractivity contribution in [3.63, 3.8) is 0 Å². The highest BCUT2D eigenvalue weighted by atomic mass is 16.5. The summed E-state index contributed by atoms with van der Waals surface area (Å²) in [5.41, 5.74) is 5.96. The number of aliphatic hydroxyl groups excluding tert-OH is 2. The Morgan fingerprint density at radius 2 is 1.00 bits per heavy atom. The Labute approximate surface area is 216 Å². The molecule has 1 aliphatic carbocycles. The van der Waals surface area contributed by atoms with Gasteiger partial charge in [0.15, 0.2) is 23.0 Å². The molecule has 0 radical (unpaired) electrons. The normalized spacial score (nSPS) is 13.0. The highest BCUT2D eigenvalue weighted by molar-refractivity contribution is 5.86. The molecule has 5 rings (SSSR count). The van der Waals surface area contributed by atoms with Crippen LogP contribution in [0.25, 0.3) is 11.1 Å². The number of aliphatic hydroxyl groups is 2. The quantitative estimate of drug-likeness (QED) is 0.288. The van der Waals surface area contributed by atoms with Crippen molar-refractivity contribution in [2.75, 3.05) is 40.6 Å². The molecule has 190 valence electrons. The van der Waals surface area contributed by atoms with Gasteiger partial charge in [-0.3, -0.25) is 0 Å². The third-order valence-electron chi connectivity index (χ3n) is 6.84. The van der Waals surface area contributed by atoms with Crippen LogP contribution >= 0.6 is 0 Å². The molecule has 1 aliphatic rings. The van der Waals surface area contributed by atoms with Crippen molar-refractivity contribution < 1.29 is 29.2 Å². The van der Waals surface area contributed by atoms with Gasteiger partial charge in [0.25, 0.3) is 0 Å². The molecule has 0 bridgehead atoms. The summed E-state index contributed by atoms with van der Waals surface area (Å²) >= 11 is 0. The Balaban J connectivity index is 1.81. The van der Waals surface area contributed by atoms with Gasteiger partial charge < -0.3 is 29.2 Å². The predicted octanol–water partition coefficient (Wildman–Crippen LogP) is 4.81. The van der Waals surface area contributed by atoms with Crippen molar-refractivity contribution in [2.24, 2.45) is 0 Å². The van der Waals surface area contributed by atoms with E-state index in [0.29, 0.717) is 23.0 Å². The molecule has 0 fully saturated rings. The molecule has 4 aromatic rings. The van der Waals surface area contributed by atoms with E-state index >= 15 is 0 Å². The van der Waals surface area contributed by atoms with Crippen LogP contribution in [0.15, 0.2) is 84.9 Å². The van der Waals surface area contributed by atoms with Gasteiger partial charge in [0.05, 0.1) is 32.8 Å². The molecular formula is C31H30O6. The fraction of sp³-hybridized carbons (Fsp3) is 0.226. The maximum Gasteiger partial charge on any atom is 0.161 e. The third kappa shape index (κ3) is 4.08. The Bertz CT molecular complexity index is 1290. The molecule has 0 heterocycles. The maximum atomic E-state index is 9.25. The first-order valence-electron chi connectivity index (χ1n) is 12.2. The van der Waals surface area contributed by atoms with E-state index in [0.717, 1.165) is 33.4 Å². The Morgan fingerprint density at radius 3 is 1.41 bits per heavy atom. The lowest BCUT2D eigenvalue weighted by Gasteiger charge is -2.34. The van der Waals surface area contributed by atoms with Crippen molar-refractivity contribution in [1.29, 1.82) is 0 Å². The van der Waals surface area contributed by atoms with Crippen LogP contribution in [0.3, 0.4) is 0 Å². The van der Waals surface area contributed by atoms with Gasteiger partial charge in [-0.05, 0) is 57.6 Å². The average Bonchev–Trinajstić information content (AvgIpc) is 3.26. The zero-order valence-electron chi connectivity index (χ0n) is 20.9. The van der Waals surface area contributed by atoms with E-state index < -0.39 is 5.41 Å². The van der Waals surface area contributed by atoms with E-state index in [-0.39, 0.29) is 26.4 Å². The molecule has 6 heteroatoms. The van der Waals surface area contributed by atoms with Crippen molar-refractivity contribution in [3.05, 3.63) is 107 Å². The largest absolute Gasteiger partial charge is 0.493 e. The maximum absolute atomic E-state index is 9.25. The number of hydrogen-bond acceptors (Lipinski definition) is 6. The van der Waals surface area contributed by atoms with E-state index in [1.165, 1.54) is 0 Å². The molecule has 37 heavy (non-hydrogen) atoms. The minimum absolute atomic E-state index is 0.0832. The van der Waals surface area contributed by atoms with Gasteiger partial charge >= 0.3 is 0 Å². The molecule has 4 aromatic carbocycles. The van der Waals surface area contributed by atoms with Crippen LogP contribution in [0.5, 0.6) is 23.0 Å². The standard InChI is InChI=1S/C31H30O6/c1-34-29-19-21(11-13-27(29)36-17-15-32)31(22-12-14-28(37-18-16-33)30(20-22)35-2)25-9-5-3-7-23(25)24-8-4-6-10-26(24)31/h3-14,19-20,32-33H,15-18H2,1-2H3. The summed E-state index contributed by atoms with van der Waals surface area (Å²) < 4.78 is 22.9. The highest BCUT2D eigenvalue weighted by Crippen LogP contribution is 2.57. The van der Waals surface area contributed by atoms with Crippen molar-refractivity contribution in [2.45, 2.75) is 5.41 Å². The molecule has 0 amide bonds. The van der Waals surface area contributed by atoms with Crippen LogP contribution in [0.2, 0.25) is 0 Å². The van der Waals surface area contributed by atoms with Crippen LogP contribution < -0.4 is 18.9 Å². The minimum Gasteiger partial charge on any atom is -0.493 e. The number of fused-ring (bicyclic) bond motifs is 3. The summed E-state index contributed by atoms with van der Waals surface area (Å²) in [4.78, 5) is 0. The number of rotatable bonds is 10. The Hall–Kier alpha value is -4.00. The monoisotopic (exact) mass is 498 g/mol. The summed E-state index contributed by atoms with van der Waals surface area (Å²) in [7, 11) is 3.23. The van der Waals surface area contributed by atoms with Crippen LogP contribution in [0.4, 0.5) is 0 Å². The van der Waals surface area contributed by atoms with Gasteiger partial charge in [0, 0.05) is 0 Å². The smallest absolute Gasteiger partial charge is 0.161 e. The summed E-state index contributed by atoms with van der Waals surface area (Å²) in [5, 5.41) is 18.5.